The lowest BCUT2D eigenvalue weighted by Gasteiger charge is -2.05. The topological polar surface area (TPSA) is 76.4 Å². The predicted octanol–water partition coefficient (Wildman–Crippen LogP) is 2.00. The molecule has 2 aromatic heterocycles. The fourth-order valence-corrected chi connectivity index (χ4v) is 4.78. The summed E-state index contributed by atoms with van der Waals surface area (Å²) >= 11 is 1.30. The molecule has 6 nitrogen and oxygen atoms in total. The molecule has 1 aromatic carbocycles. The fraction of sp³-hybridized carbons (Fsp3) is 0.200. The maximum absolute atomic E-state index is 13.0. The van der Waals surface area contributed by atoms with Gasteiger partial charge in [-0.15, -0.1) is 11.8 Å². The Kier molecular flexibility index (Phi) is 4.38. The first-order valence-electron chi connectivity index (χ1n) is 6.95. The smallest absolute Gasteiger partial charge is 0.213 e. The normalized spacial score (nSPS) is 11.9. The van der Waals surface area contributed by atoms with Gasteiger partial charge >= 0.3 is 0 Å². The Morgan fingerprint density at radius 2 is 1.96 bits per heavy atom. The summed E-state index contributed by atoms with van der Waals surface area (Å²) in [5, 5.41) is 7.94. The van der Waals surface area contributed by atoms with Crippen LogP contribution in [0.3, 0.4) is 0 Å². The lowest BCUT2D eigenvalue weighted by atomic mass is 10.4. The Balaban J connectivity index is 2.31. The zero-order valence-electron chi connectivity index (χ0n) is 12.7. The minimum absolute atomic E-state index is 0.161. The monoisotopic (exact) mass is 348 g/mol. The van der Waals surface area contributed by atoms with E-state index in [1.54, 1.807) is 41.0 Å². The molecule has 0 amide bonds. The lowest BCUT2D eigenvalue weighted by molar-refractivity contribution is 0.594. The lowest BCUT2D eigenvalue weighted by Crippen LogP contribution is -2.11. The van der Waals surface area contributed by atoms with Crippen LogP contribution in [0.25, 0.3) is 5.65 Å². The van der Waals surface area contributed by atoms with Gasteiger partial charge < -0.3 is 5.32 Å². The standard InChI is InChI=1S/C15H16N4O2S2/c1-16-10-11-8-9-17-14-13(15(22-2)18-19(11)14)23(20,21)12-6-4-3-5-7-12/h3-9,16H,10H2,1-2H3. The van der Waals surface area contributed by atoms with Crippen LogP contribution in [0.5, 0.6) is 0 Å². The van der Waals surface area contributed by atoms with Crippen LogP contribution in [0, 0.1) is 0 Å². The maximum Gasteiger partial charge on any atom is 0.213 e. The average molecular weight is 348 g/mol. The Bertz CT molecular complexity index is 937. The van der Waals surface area contributed by atoms with Crippen LogP contribution in [0.1, 0.15) is 5.69 Å². The summed E-state index contributed by atoms with van der Waals surface area (Å²) in [6, 6.07) is 10.2. The van der Waals surface area contributed by atoms with Crippen molar-refractivity contribution in [2.75, 3.05) is 13.3 Å². The molecule has 0 saturated carbocycles. The number of aromatic nitrogens is 3. The Labute approximate surface area is 138 Å². The number of benzene rings is 1. The first-order chi connectivity index (χ1) is 11.1. The molecule has 120 valence electrons. The van der Waals surface area contributed by atoms with E-state index in [9.17, 15) is 8.42 Å². The molecular formula is C15H16N4O2S2. The second kappa shape index (κ2) is 6.31. The number of rotatable bonds is 5. The molecule has 2 heterocycles. The first-order valence-corrected chi connectivity index (χ1v) is 9.65. The minimum atomic E-state index is -3.68. The molecule has 1 N–H and O–H groups in total. The summed E-state index contributed by atoms with van der Waals surface area (Å²) in [5.41, 5.74) is 1.20. The van der Waals surface area contributed by atoms with E-state index in [-0.39, 0.29) is 9.79 Å². The molecule has 0 bridgehead atoms. The largest absolute Gasteiger partial charge is 0.314 e. The molecule has 0 unspecified atom stereocenters. The Morgan fingerprint density at radius 1 is 1.22 bits per heavy atom. The molecule has 3 aromatic rings. The highest BCUT2D eigenvalue weighted by Crippen LogP contribution is 2.32. The molecule has 0 spiro atoms. The number of sulfone groups is 1. The Morgan fingerprint density at radius 3 is 2.61 bits per heavy atom. The second-order valence-electron chi connectivity index (χ2n) is 4.86. The number of fused-ring (bicyclic) bond motifs is 1. The third kappa shape index (κ3) is 2.73. The molecule has 0 atom stereocenters. The number of hydrogen-bond donors (Lipinski definition) is 1. The van der Waals surface area contributed by atoms with Crippen molar-refractivity contribution in [1.29, 1.82) is 0 Å². The highest BCUT2D eigenvalue weighted by Gasteiger charge is 2.28. The average Bonchev–Trinajstić information content (AvgIpc) is 2.96. The molecule has 0 aliphatic heterocycles. The number of nitrogens with one attached hydrogen (secondary N) is 1. The molecule has 0 saturated heterocycles. The second-order valence-corrected chi connectivity index (χ2v) is 7.54. The Hall–Kier alpha value is -1.90. The van der Waals surface area contributed by atoms with Crippen molar-refractivity contribution in [2.45, 2.75) is 21.4 Å². The van der Waals surface area contributed by atoms with Gasteiger partial charge in [0.05, 0.1) is 10.6 Å². The van der Waals surface area contributed by atoms with E-state index in [4.69, 9.17) is 0 Å². The van der Waals surface area contributed by atoms with Gasteiger partial charge in [-0.05, 0) is 31.5 Å². The molecule has 0 aliphatic carbocycles. The quantitative estimate of drug-likeness (QED) is 0.711. The van der Waals surface area contributed by atoms with Gasteiger partial charge in [0.15, 0.2) is 10.5 Å². The fourth-order valence-electron chi connectivity index (χ4n) is 2.35. The van der Waals surface area contributed by atoms with Crippen molar-refractivity contribution in [2.24, 2.45) is 0 Å². The van der Waals surface area contributed by atoms with Gasteiger partial charge in [-0.25, -0.2) is 17.9 Å². The number of thioether (sulfide) groups is 1. The van der Waals surface area contributed by atoms with E-state index in [2.05, 4.69) is 15.4 Å². The summed E-state index contributed by atoms with van der Waals surface area (Å²) in [4.78, 5) is 4.67. The van der Waals surface area contributed by atoms with Crippen LogP contribution >= 0.6 is 11.8 Å². The van der Waals surface area contributed by atoms with E-state index in [0.29, 0.717) is 17.2 Å². The van der Waals surface area contributed by atoms with Gasteiger partial charge in [-0.1, -0.05) is 18.2 Å². The van der Waals surface area contributed by atoms with Crippen LogP contribution in [0.15, 0.2) is 57.4 Å². The molecule has 3 rings (SSSR count). The van der Waals surface area contributed by atoms with Gasteiger partial charge in [0.25, 0.3) is 0 Å². The first kappa shape index (κ1) is 16.0. The summed E-state index contributed by atoms with van der Waals surface area (Å²) in [5.74, 6) is 0. The molecule has 0 fully saturated rings. The van der Waals surface area contributed by atoms with Crippen LogP contribution < -0.4 is 5.32 Å². The SMILES string of the molecule is CNCc1ccnc2c(S(=O)(=O)c3ccccc3)c(SC)nn12. The van der Waals surface area contributed by atoms with Crippen molar-refractivity contribution in [3.8, 4) is 0 Å². The van der Waals surface area contributed by atoms with Gasteiger partial charge in [-0.3, -0.25) is 0 Å². The third-order valence-corrected chi connectivity index (χ3v) is 6.01. The van der Waals surface area contributed by atoms with E-state index >= 15 is 0 Å². The van der Waals surface area contributed by atoms with Crippen LogP contribution in [0.2, 0.25) is 0 Å². The highest BCUT2D eigenvalue weighted by atomic mass is 32.2. The van der Waals surface area contributed by atoms with Crippen molar-refractivity contribution >= 4 is 27.2 Å². The van der Waals surface area contributed by atoms with E-state index in [0.717, 1.165) is 5.69 Å². The van der Waals surface area contributed by atoms with Gasteiger partial charge in [0.1, 0.15) is 5.03 Å². The van der Waals surface area contributed by atoms with Gasteiger partial charge in [0, 0.05) is 12.7 Å². The van der Waals surface area contributed by atoms with E-state index in [1.807, 2.05) is 19.4 Å². The van der Waals surface area contributed by atoms with Crippen molar-refractivity contribution < 1.29 is 8.42 Å². The molecule has 0 radical (unpaired) electrons. The van der Waals surface area contributed by atoms with Crippen LogP contribution in [-0.4, -0.2) is 36.3 Å². The molecule has 0 aliphatic rings. The van der Waals surface area contributed by atoms with E-state index in [1.165, 1.54) is 11.8 Å². The van der Waals surface area contributed by atoms with Crippen molar-refractivity contribution in [1.82, 2.24) is 19.9 Å². The van der Waals surface area contributed by atoms with Crippen LogP contribution in [-0.2, 0) is 16.4 Å². The molecule has 23 heavy (non-hydrogen) atoms. The zero-order chi connectivity index (χ0) is 16.4. The zero-order valence-corrected chi connectivity index (χ0v) is 14.4. The minimum Gasteiger partial charge on any atom is -0.314 e. The summed E-state index contributed by atoms with van der Waals surface area (Å²) in [7, 11) is -1.86. The van der Waals surface area contributed by atoms with Gasteiger partial charge in [0.2, 0.25) is 9.84 Å². The van der Waals surface area contributed by atoms with Crippen molar-refractivity contribution in [3.63, 3.8) is 0 Å². The van der Waals surface area contributed by atoms with Crippen molar-refractivity contribution in [3.05, 3.63) is 48.3 Å². The summed E-state index contributed by atoms with van der Waals surface area (Å²) < 4.78 is 27.7. The number of nitrogens with zero attached hydrogens (tertiary/aromatic N) is 3. The highest BCUT2D eigenvalue weighted by molar-refractivity contribution is 7.99. The molecule has 8 heteroatoms. The third-order valence-electron chi connectivity index (χ3n) is 3.40. The van der Waals surface area contributed by atoms with Crippen LogP contribution in [0.4, 0.5) is 0 Å². The summed E-state index contributed by atoms with van der Waals surface area (Å²) in [6.45, 7) is 0.569. The van der Waals surface area contributed by atoms with E-state index < -0.39 is 9.84 Å². The number of hydrogen-bond acceptors (Lipinski definition) is 6. The summed E-state index contributed by atoms with van der Waals surface area (Å²) in [6.07, 6.45) is 3.42. The molecular weight excluding hydrogens is 332 g/mol. The predicted molar refractivity (Wildman–Crippen MR) is 89.4 cm³/mol. The van der Waals surface area contributed by atoms with Gasteiger partial charge in [-0.2, -0.15) is 5.10 Å². The maximum atomic E-state index is 13.0.